The van der Waals surface area contributed by atoms with Crippen LogP contribution in [0.4, 0.5) is 0 Å². The Hall–Kier alpha value is -1.91. The molecule has 1 aliphatic carbocycles. The molecule has 2 rings (SSSR count). The van der Waals surface area contributed by atoms with Gasteiger partial charge in [0.1, 0.15) is 0 Å². The minimum atomic E-state index is -0.861. The molecule has 0 saturated heterocycles. The van der Waals surface area contributed by atoms with E-state index in [1.54, 1.807) is 12.4 Å². The summed E-state index contributed by atoms with van der Waals surface area (Å²) in [7, 11) is 0. The number of pyridine rings is 1. The van der Waals surface area contributed by atoms with Gasteiger partial charge in [0, 0.05) is 12.4 Å². The molecule has 0 bridgehead atoms. The van der Waals surface area contributed by atoms with Gasteiger partial charge >= 0.3 is 5.97 Å². The maximum Gasteiger partial charge on any atom is 0.307 e. The Morgan fingerprint density at radius 2 is 2.14 bits per heavy atom. The Balaban J connectivity index is 2.03. The van der Waals surface area contributed by atoms with Crippen molar-refractivity contribution in [3.63, 3.8) is 0 Å². The summed E-state index contributed by atoms with van der Waals surface area (Å²) in [6.45, 7) is 3.93. The van der Waals surface area contributed by atoms with E-state index in [-0.39, 0.29) is 11.9 Å². The first-order valence-electron chi connectivity index (χ1n) is 7.46. The van der Waals surface area contributed by atoms with Crippen LogP contribution in [0.3, 0.4) is 0 Å². The zero-order chi connectivity index (χ0) is 15.4. The number of hydrogen-bond acceptors (Lipinski definition) is 3. The highest BCUT2D eigenvalue weighted by molar-refractivity contribution is 5.85. The summed E-state index contributed by atoms with van der Waals surface area (Å²) >= 11 is 0. The van der Waals surface area contributed by atoms with Crippen LogP contribution in [0.2, 0.25) is 0 Å². The first kappa shape index (κ1) is 15.5. The molecular weight excluding hydrogens is 268 g/mol. The van der Waals surface area contributed by atoms with E-state index >= 15 is 0 Å². The van der Waals surface area contributed by atoms with Crippen molar-refractivity contribution in [2.24, 2.45) is 17.8 Å². The number of carboxylic acid groups (broad SMARTS) is 1. The number of nitrogens with zero attached hydrogens (tertiary/aromatic N) is 1. The van der Waals surface area contributed by atoms with Crippen molar-refractivity contribution in [2.75, 3.05) is 0 Å². The molecule has 1 aromatic rings. The molecule has 0 spiro atoms. The molecule has 2 N–H and O–H groups in total. The molecule has 114 valence electrons. The summed E-state index contributed by atoms with van der Waals surface area (Å²) in [5, 5.41) is 12.2. The molecule has 1 heterocycles. The Morgan fingerprint density at radius 1 is 1.43 bits per heavy atom. The van der Waals surface area contributed by atoms with Crippen LogP contribution in [-0.4, -0.2) is 22.0 Å². The fraction of sp³-hybridized carbons (Fsp3) is 0.562. The van der Waals surface area contributed by atoms with Gasteiger partial charge in [0.25, 0.3) is 0 Å². The lowest BCUT2D eigenvalue weighted by molar-refractivity contribution is -0.146. The van der Waals surface area contributed by atoms with Crippen molar-refractivity contribution in [1.29, 1.82) is 0 Å². The number of carboxylic acids is 1. The predicted octanol–water partition coefficient (Wildman–Crippen LogP) is 2.40. The van der Waals surface area contributed by atoms with Gasteiger partial charge in [-0.15, -0.1) is 0 Å². The molecule has 5 nitrogen and oxygen atoms in total. The van der Waals surface area contributed by atoms with Gasteiger partial charge in [-0.05, 0) is 37.3 Å². The highest BCUT2D eigenvalue weighted by Crippen LogP contribution is 2.38. The lowest BCUT2D eigenvalue weighted by atomic mass is 9.95. The number of nitrogens with one attached hydrogen (secondary N) is 1. The normalized spacial score (nSPS) is 26.3. The van der Waals surface area contributed by atoms with Crippen LogP contribution in [0, 0.1) is 17.8 Å². The highest BCUT2D eigenvalue weighted by atomic mass is 16.4. The third kappa shape index (κ3) is 3.60. The number of carbonyl (C=O) groups excluding carboxylic acids is 1. The van der Waals surface area contributed by atoms with E-state index in [2.05, 4.69) is 10.3 Å². The average molecular weight is 290 g/mol. The molecule has 1 aromatic heterocycles. The molecule has 21 heavy (non-hydrogen) atoms. The van der Waals surface area contributed by atoms with Crippen LogP contribution in [0.1, 0.15) is 44.7 Å². The molecule has 5 heteroatoms. The van der Waals surface area contributed by atoms with Gasteiger partial charge < -0.3 is 10.4 Å². The molecule has 0 aromatic carbocycles. The third-order valence-corrected chi connectivity index (χ3v) is 4.43. The number of amides is 1. The van der Waals surface area contributed by atoms with E-state index in [9.17, 15) is 14.7 Å². The molecular formula is C16H22N2O3. The Kier molecular flexibility index (Phi) is 4.94. The first-order valence-corrected chi connectivity index (χ1v) is 7.46. The van der Waals surface area contributed by atoms with Crippen molar-refractivity contribution in [2.45, 2.75) is 39.2 Å². The fourth-order valence-electron chi connectivity index (χ4n) is 3.07. The average Bonchev–Trinajstić information content (AvgIpc) is 2.92. The van der Waals surface area contributed by atoms with Crippen LogP contribution < -0.4 is 5.32 Å². The standard InChI is InChI=1S/C16H22N2O3/c1-3-11-7-13(14(8-11)16(20)21)15(19)18-10(2)12-5-4-6-17-9-12/h4-6,9-11,13-14H,3,7-8H2,1-2H3,(H,18,19)(H,20,21)/t10?,11?,13-,14+/m0/s1. The van der Waals surface area contributed by atoms with Gasteiger partial charge in [0.05, 0.1) is 17.9 Å². The van der Waals surface area contributed by atoms with E-state index in [1.165, 1.54) is 0 Å². The van der Waals surface area contributed by atoms with Crippen molar-refractivity contribution < 1.29 is 14.7 Å². The fourth-order valence-corrected chi connectivity index (χ4v) is 3.07. The Bertz CT molecular complexity index is 504. The lowest BCUT2D eigenvalue weighted by Gasteiger charge is -2.19. The topological polar surface area (TPSA) is 79.3 Å². The number of aromatic nitrogens is 1. The maximum absolute atomic E-state index is 12.4. The largest absolute Gasteiger partial charge is 0.481 e. The molecule has 4 atom stereocenters. The van der Waals surface area contributed by atoms with Crippen molar-refractivity contribution in [3.8, 4) is 0 Å². The zero-order valence-electron chi connectivity index (χ0n) is 12.5. The van der Waals surface area contributed by atoms with Crippen LogP contribution in [0.15, 0.2) is 24.5 Å². The summed E-state index contributed by atoms with van der Waals surface area (Å²) in [6.07, 6.45) is 5.58. The SMILES string of the molecule is CCC1C[C@H](C(=O)NC(C)c2cccnc2)[C@H](C(=O)O)C1. The second-order valence-electron chi connectivity index (χ2n) is 5.81. The molecule has 2 unspecified atom stereocenters. The van der Waals surface area contributed by atoms with Gasteiger partial charge in [-0.1, -0.05) is 19.4 Å². The van der Waals surface area contributed by atoms with Crippen LogP contribution in [-0.2, 0) is 9.59 Å². The summed E-state index contributed by atoms with van der Waals surface area (Å²) in [5.74, 6) is -1.67. The first-order chi connectivity index (χ1) is 10.0. The van der Waals surface area contributed by atoms with Gasteiger partial charge in [-0.2, -0.15) is 0 Å². The molecule has 0 radical (unpaired) electrons. The molecule has 1 fully saturated rings. The van der Waals surface area contributed by atoms with Gasteiger partial charge in [0.15, 0.2) is 0 Å². The number of hydrogen-bond donors (Lipinski definition) is 2. The zero-order valence-corrected chi connectivity index (χ0v) is 12.5. The Labute approximate surface area is 124 Å². The number of carbonyl (C=O) groups is 2. The van der Waals surface area contributed by atoms with E-state index < -0.39 is 17.8 Å². The predicted molar refractivity (Wildman–Crippen MR) is 78.4 cm³/mol. The van der Waals surface area contributed by atoms with Crippen LogP contribution in [0.25, 0.3) is 0 Å². The van der Waals surface area contributed by atoms with E-state index in [1.807, 2.05) is 26.0 Å². The Morgan fingerprint density at radius 3 is 2.71 bits per heavy atom. The van der Waals surface area contributed by atoms with Crippen molar-refractivity contribution in [1.82, 2.24) is 10.3 Å². The van der Waals surface area contributed by atoms with Crippen molar-refractivity contribution >= 4 is 11.9 Å². The summed E-state index contributed by atoms with van der Waals surface area (Å²) < 4.78 is 0. The maximum atomic E-state index is 12.4. The monoisotopic (exact) mass is 290 g/mol. The second kappa shape index (κ2) is 6.70. The van der Waals surface area contributed by atoms with Crippen LogP contribution in [0.5, 0.6) is 0 Å². The summed E-state index contributed by atoms with van der Waals surface area (Å²) in [6, 6.07) is 3.55. The van der Waals surface area contributed by atoms with Gasteiger partial charge in [0.2, 0.25) is 5.91 Å². The van der Waals surface area contributed by atoms with Gasteiger partial charge in [-0.25, -0.2) is 0 Å². The third-order valence-electron chi connectivity index (χ3n) is 4.43. The highest BCUT2D eigenvalue weighted by Gasteiger charge is 2.42. The summed E-state index contributed by atoms with van der Waals surface area (Å²) in [4.78, 5) is 27.8. The van der Waals surface area contributed by atoms with E-state index in [0.717, 1.165) is 12.0 Å². The smallest absolute Gasteiger partial charge is 0.307 e. The molecule has 1 aliphatic rings. The van der Waals surface area contributed by atoms with Gasteiger partial charge in [-0.3, -0.25) is 14.6 Å². The number of rotatable bonds is 5. The molecule has 1 amide bonds. The summed E-state index contributed by atoms with van der Waals surface area (Å²) in [5.41, 5.74) is 0.919. The number of aliphatic carboxylic acids is 1. The minimum absolute atomic E-state index is 0.158. The second-order valence-corrected chi connectivity index (χ2v) is 5.81. The van der Waals surface area contributed by atoms with Crippen molar-refractivity contribution in [3.05, 3.63) is 30.1 Å². The minimum Gasteiger partial charge on any atom is -0.481 e. The lowest BCUT2D eigenvalue weighted by Crippen LogP contribution is -2.36. The molecule has 0 aliphatic heterocycles. The van der Waals surface area contributed by atoms with Crippen LogP contribution >= 0.6 is 0 Å². The van der Waals surface area contributed by atoms with E-state index in [4.69, 9.17) is 0 Å². The molecule has 1 saturated carbocycles. The quantitative estimate of drug-likeness (QED) is 0.872. The van der Waals surface area contributed by atoms with E-state index in [0.29, 0.717) is 18.8 Å².